The second-order valence-electron chi connectivity index (χ2n) is 10.2. The zero-order chi connectivity index (χ0) is 24.8. The second kappa shape index (κ2) is 9.25. The van der Waals surface area contributed by atoms with Gasteiger partial charge < -0.3 is 4.90 Å². The Bertz CT molecular complexity index is 1380. The van der Waals surface area contributed by atoms with Gasteiger partial charge in [0.15, 0.2) is 0 Å². The first-order valence-corrected chi connectivity index (χ1v) is 12.9. The first kappa shape index (κ1) is 23.0. The number of rotatable bonds is 5. The highest BCUT2D eigenvalue weighted by molar-refractivity contribution is 6.15. The van der Waals surface area contributed by atoms with Gasteiger partial charge in [-0.15, -0.1) is 0 Å². The van der Waals surface area contributed by atoms with Crippen molar-refractivity contribution in [3.8, 4) is 0 Å². The van der Waals surface area contributed by atoms with E-state index in [0.717, 1.165) is 59.6 Å². The molecule has 2 aromatic carbocycles. The maximum absolute atomic E-state index is 14.6. The summed E-state index contributed by atoms with van der Waals surface area (Å²) in [5.74, 6) is 0.0647. The third kappa shape index (κ3) is 4.13. The molecule has 36 heavy (non-hydrogen) atoms. The number of hydrogen-bond donors (Lipinski definition) is 0. The lowest BCUT2D eigenvalue weighted by atomic mass is 9.90. The van der Waals surface area contributed by atoms with Crippen LogP contribution in [0.3, 0.4) is 0 Å². The molecular weight excluding hydrogens is 451 g/mol. The number of aliphatic imine (C=N–C) groups is 1. The molecule has 0 radical (unpaired) electrons. The average molecular weight is 483 g/mol. The molecule has 3 aliphatic heterocycles. The van der Waals surface area contributed by atoms with E-state index >= 15 is 0 Å². The number of carbonyl (C=O) groups is 1. The predicted octanol–water partition coefficient (Wildman–Crippen LogP) is 4.60. The fraction of sp³-hybridized carbons (Fsp3) is 0.367. The van der Waals surface area contributed by atoms with E-state index in [0.29, 0.717) is 26.1 Å². The van der Waals surface area contributed by atoms with Crippen molar-refractivity contribution in [1.29, 1.82) is 0 Å². The summed E-state index contributed by atoms with van der Waals surface area (Å²) in [6.45, 7) is 7.61. The van der Waals surface area contributed by atoms with Crippen molar-refractivity contribution in [3.63, 3.8) is 0 Å². The van der Waals surface area contributed by atoms with E-state index in [1.165, 1.54) is 16.7 Å². The second-order valence-corrected chi connectivity index (χ2v) is 10.2. The van der Waals surface area contributed by atoms with Gasteiger partial charge in [-0.25, -0.2) is 4.39 Å². The van der Waals surface area contributed by atoms with E-state index < -0.39 is 0 Å². The zero-order valence-corrected chi connectivity index (χ0v) is 20.9. The summed E-state index contributed by atoms with van der Waals surface area (Å²) in [5.41, 5.74) is 9.67. The molecule has 0 saturated carbocycles. The van der Waals surface area contributed by atoms with Crippen LogP contribution in [0.25, 0.3) is 0 Å². The predicted molar refractivity (Wildman–Crippen MR) is 138 cm³/mol. The number of halogens is 1. The lowest BCUT2D eigenvalue weighted by molar-refractivity contribution is -0.134. The van der Waals surface area contributed by atoms with Crippen molar-refractivity contribution in [2.45, 2.75) is 58.8 Å². The van der Waals surface area contributed by atoms with Gasteiger partial charge in [0.1, 0.15) is 5.82 Å². The van der Waals surface area contributed by atoms with Gasteiger partial charge in [0.25, 0.3) is 0 Å². The Labute approximate surface area is 211 Å². The quantitative estimate of drug-likeness (QED) is 0.534. The van der Waals surface area contributed by atoms with Crippen molar-refractivity contribution >= 4 is 11.6 Å². The lowest BCUT2D eigenvalue weighted by Crippen LogP contribution is -2.44. The van der Waals surface area contributed by atoms with Crippen LogP contribution in [0.15, 0.2) is 53.7 Å². The number of amides is 1. The molecule has 1 fully saturated rings. The summed E-state index contributed by atoms with van der Waals surface area (Å²) in [5, 5.41) is 0. The number of aryl methyl sites for hydroxylation is 2. The first-order valence-electron chi connectivity index (χ1n) is 12.9. The number of hydrogen-bond acceptors (Lipinski definition) is 4. The van der Waals surface area contributed by atoms with Gasteiger partial charge in [0.2, 0.25) is 5.91 Å². The fourth-order valence-corrected chi connectivity index (χ4v) is 6.01. The maximum Gasteiger partial charge on any atom is 0.227 e. The third-order valence-electron chi connectivity index (χ3n) is 7.93. The van der Waals surface area contributed by atoms with Crippen molar-refractivity contribution in [2.24, 2.45) is 4.99 Å². The van der Waals surface area contributed by atoms with Crippen LogP contribution in [0.1, 0.15) is 58.0 Å². The van der Waals surface area contributed by atoms with E-state index in [2.05, 4.69) is 39.9 Å². The van der Waals surface area contributed by atoms with E-state index in [4.69, 9.17) is 4.99 Å². The van der Waals surface area contributed by atoms with E-state index in [-0.39, 0.29) is 17.8 Å². The third-order valence-corrected chi connectivity index (χ3v) is 7.93. The molecule has 0 spiro atoms. The fourth-order valence-electron chi connectivity index (χ4n) is 6.01. The van der Waals surface area contributed by atoms with Gasteiger partial charge in [0, 0.05) is 60.8 Å². The number of fused-ring (bicyclic) bond motifs is 2. The van der Waals surface area contributed by atoms with Crippen LogP contribution in [0, 0.1) is 12.7 Å². The topological polar surface area (TPSA) is 48.8 Å². The highest BCUT2D eigenvalue weighted by atomic mass is 19.1. The Kier molecular flexibility index (Phi) is 5.92. The molecule has 0 unspecified atom stereocenters. The first-order chi connectivity index (χ1) is 17.5. The number of nitrogens with zero attached hydrogens (tertiary/aromatic N) is 4. The molecule has 5 nitrogen and oxygen atoms in total. The molecule has 1 saturated heterocycles. The number of pyridine rings is 1. The summed E-state index contributed by atoms with van der Waals surface area (Å²) < 4.78 is 14.6. The molecule has 4 heterocycles. The van der Waals surface area contributed by atoms with Gasteiger partial charge in [0.05, 0.1) is 18.7 Å². The molecular formula is C30H31FN4O. The Balaban J connectivity index is 1.21. The summed E-state index contributed by atoms with van der Waals surface area (Å²) in [4.78, 5) is 26.7. The molecule has 6 rings (SSSR count). The van der Waals surface area contributed by atoms with Crippen LogP contribution in [-0.2, 0) is 37.3 Å². The Hall–Kier alpha value is -3.38. The SMILES string of the molecule is CCc1cccc(F)c1CN1CC[C@@H](N2Cc3cc4c(cc3CC2=O)CN=C4c2ccnc(C)c2)C1. The molecule has 0 N–H and O–H groups in total. The normalized spacial score (nSPS) is 19.4. The van der Waals surface area contributed by atoms with Gasteiger partial charge in [-0.05, 0) is 66.3 Å². The summed E-state index contributed by atoms with van der Waals surface area (Å²) >= 11 is 0. The number of likely N-dealkylation sites (tertiary alicyclic amines) is 1. The number of aromatic nitrogens is 1. The smallest absolute Gasteiger partial charge is 0.227 e. The number of benzene rings is 2. The van der Waals surface area contributed by atoms with Crippen molar-refractivity contribution in [3.05, 3.63) is 99.1 Å². The Morgan fingerprint density at radius 2 is 2.00 bits per heavy atom. The van der Waals surface area contributed by atoms with Crippen LogP contribution in [0.5, 0.6) is 0 Å². The molecule has 6 heteroatoms. The van der Waals surface area contributed by atoms with Gasteiger partial charge in [-0.2, -0.15) is 0 Å². The molecule has 1 atom stereocenters. The molecule has 184 valence electrons. The lowest BCUT2D eigenvalue weighted by Gasteiger charge is -2.34. The van der Waals surface area contributed by atoms with Crippen LogP contribution < -0.4 is 0 Å². The van der Waals surface area contributed by atoms with Crippen LogP contribution in [0.2, 0.25) is 0 Å². The Morgan fingerprint density at radius 1 is 1.11 bits per heavy atom. The van der Waals surface area contributed by atoms with Gasteiger partial charge >= 0.3 is 0 Å². The van der Waals surface area contributed by atoms with Gasteiger partial charge in [-0.3, -0.25) is 19.7 Å². The maximum atomic E-state index is 14.6. The van der Waals surface area contributed by atoms with E-state index in [9.17, 15) is 9.18 Å². The monoisotopic (exact) mass is 482 g/mol. The highest BCUT2D eigenvalue weighted by Crippen LogP contribution is 2.32. The summed E-state index contributed by atoms with van der Waals surface area (Å²) in [7, 11) is 0. The minimum absolute atomic E-state index is 0.128. The molecule has 1 aromatic heterocycles. The summed E-state index contributed by atoms with van der Waals surface area (Å²) in [6.07, 6.45) is 4.02. The standard InChI is InChI=1S/C30H31FN4O/c1-3-20-5-4-6-28(31)27(20)18-34-10-8-25(17-34)35-16-24-13-26-23(12-22(24)14-29(35)36)15-33-30(26)21-7-9-32-19(2)11-21/h4-7,9,11-13,25H,3,8,10,14-18H2,1-2H3/t25-/m1/s1. The van der Waals surface area contributed by atoms with Crippen molar-refractivity contribution in [2.75, 3.05) is 13.1 Å². The van der Waals surface area contributed by atoms with Crippen LogP contribution in [-0.4, -0.2) is 45.5 Å². The van der Waals surface area contributed by atoms with E-state index in [1.807, 2.05) is 25.3 Å². The highest BCUT2D eigenvalue weighted by Gasteiger charge is 2.35. The minimum atomic E-state index is -0.128. The van der Waals surface area contributed by atoms with Gasteiger partial charge in [-0.1, -0.05) is 25.1 Å². The van der Waals surface area contributed by atoms with E-state index in [1.54, 1.807) is 12.1 Å². The number of carbonyl (C=O) groups excluding carboxylic acids is 1. The molecule has 3 aromatic rings. The van der Waals surface area contributed by atoms with Crippen molar-refractivity contribution < 1.29 is 9.18 Å². The Morgan fingerprint density at radius 3 is 2.83 bits per heavy atom. The molecule has 0 aliphatic carbocycles. The molecule has 1 amide bonds. The van der Waals surface area contributed by atoms with Crippen molar-refractivity contribution in [1.82, 2.24) is 14.8 Å². The largest absolute Gasteiger partial charge is 0.334 e. The average Bonchev–Trinajstić information content (AvgIpc) is 3.50. The zero-order valence-electron chi connectivity index (χ0n) is 20.9. The molecule has 0 bridgehead atoms. The molecule has 3 aliphatic rings. The minimum Gasteiger partial charge on any atom is -0.334 e. The summed E-state index contributed by atoms with van der Waals surface area (Å²) in [6, 6.07) is 14.1. The van der Waals surface area contributed by atoms with Crippen LogP contribution in [0.4, 0.5) is 4.39 Å². The van der Waals surface area contributed by atoms with Crippen LogP contribution >= 0.6 is 0 Å².